The number of hydrogen-bond acceptors (Lipinski definition) is 7. The van der Waals surface area contributed by atoms with Crippen LogP contribution in [0.4, 0.5) is 4.39 Å². The Hall–Kier alpha value is -3.99. The van der Waals surface area contributed by atoms with Gasteiger partial charge < -0.3 is 18.6 Å². The van der Waals surface area contributed by atoms with Gasteiger partial charge >= 0.3 is 5.97 Å². The van der Waals surface area contributed by atoms with Crippen LogP contribution in [0.5, 0.6) is 5.88 Å². The van der Waals surface area contributed by atoms with Crippen LogP contribution >= 0.6 is 7.14 Å². The molecule has 230 valence electrons. The number of hydrogen-bond donors (Lipinski definition) is 0. The van der Waals surface area contributed by atoms with Crippen LogP contribution < -0.4 is 4.74 Å². The average molecular weight is 617 g/mol. The van der Waals surface area contributed by atoms with E-state index in [9.17, 15) is 13.8 Å². The number of esters is 1. The van der Waals surface area contributed by atoms with E-state index >= 15 is 0 Å². The second-order valence-electron chi connectivity index (χ2n) is 11.9. The van der Waals surface area contributed by atoms with Gasteiger partial charge in [-0.3, -0.25) is 4.90 Å². The number of aromatic nitrogens is 2. The summed E-state index contributed by atoms with van der Waals surface area (Å²) in [6, 6.07) is 17.7. The average Bonchev–Trinajstić information content (AvgIpc) is 3.28. The topological polar surface area (TPSA) is 97.4 Å². The first kappa shape index (κ1) is 31.4. The molecular formula is C34H38FN4O4P. The van der Waals surface area contributed by atoms with E-state index in [2.05, 4.69) is 16.4 Å². The van der Waals surface area contributed by atoms with Crippen LogP contribution in [0.25, 0.3) is 10.9 Å². The number of rotatable bonds is 10. The molecule has 4 aromatic rings. The summed E-state index contributed by atoms with van der Waals surface area (Å²) in [4.78, 5) is 19.5. The molecule has 0 unspecified atom stereocenters. The Morgan fingerprint density at radius 1 is 1.14 bits per heavy atom. The van der Waals surface area contributed by atoms with Crippen LogP contribution in [-0.4, -0.2) is 60.1 Å². The van der Waals surface area contributed by atoms with Crippen molar-refractivity contribution < 1.29 is 23.2 Å². The maximum atomic E-state index is 14.3. The van der Waals surface area contributed by atoms with Crippen LogP contribution in [0.1, 0.15) is 57.2 Å². The van der Waals surface area contributed by atoms with Gasteiger partial charge in [-0.1, -0.05) is 18.2 Å². The molecule has 0 saturated carbocycles. The third-order valence-electron chi connectivity index (χ3n) is 8.42. The van der Waals surface area contributed by atoms with Gasteiger partial charge in [0.2, 0.25) is 5.88 Å². The summed E-state index contributed by atoms with van der Waals surface area (Å²) in [6.45, 7) is 8.94. The summed E-state index contributed by atoms with van der Waals surface area (Å²) in [7, 11) is -0.865. The number of piperidine rings is 1. The molecule has 10 heteroatoms. The van der Waals surface area contributed by atoms with Gasteiger partial charge in [0.05, 0.1) is 31.4 Å². The summed E-state index contributed by atoms with van der Waals surface area (Å²) >= 11 is 0. The molecule has 0 atom stereocenters. The molecule has 1 aliphatic rings. The molecule has 44 heavy (non-hydrogen) atoms. The molecule has 1 saturated heterocycles. The Bertz CT molecular complexity index is 1770. The van der Waals surface area contributed by atoms with Crippen molar-refractivity contribution in [2.45, 2.75) is 45.4 Å². The fourth-order valence-electron chi connectivity index (χ4n) is 5.84. The Labute approximate surface area is 257 Å². The molecule has 1 fully saturated rings. The Balaban J connectivity index is 1.28. The quantitative estimate of drug-likeness (QED) is 0.144. The maximum absolute atomic E-state index is 14.3. The van der Waals surface area contributed by atoms with E-state index in [1.54, 1.807) is 24.3 Å². The smallest absolute Gasteiger partial charge is 0.337 e. The monoisotopic (exact) mass is 616 g/mol. The van der Waals surface area contributed by atoms with Crippen molar-refractivity contribution >= 4 is 24.0 Å². The molecule has 0 bridgehead atoms. The molecule has 5 rings (SSSR count). The number of carbonyl (C=O) groups excluding carboxylic acids is 1. The Morgan fingerprint density at radius 3 is 2.59 bits per heavy atom. The number of fused-ring (bicyclic) bond motifs is 1. The van der Waals surface area contributed by atoms with Gasteiger partial charge in [0.25, 0.3) is 0 Å². The molecule has 0 amide bonds. The maximum Gasteiger partial charge on any atom is 0.337 e. The van der Waals surface area contributed by atoms with Crippen molar-refractivity contribution in [3.05, 3.63) is 94.1 Å². The van der Waals surface area contributed by atoms with Crippen LogP contribution in [0.15, 0.2) is 54.6 Å². The van der Waals surface area contributed by atoms with Gasteiger partial charge in [0.15, 0.2) is 0 Å². The molecule has 2 aromatic carbocycles. The zero-order valence-corrected chi connectivity index (χ0v) is 26.6. The van der Waals surface area contributed by atoms with Gasteiger partial charge in [0, 0.05) is 59.1 Å². The van der Waals surface area contributed by atoms with Crippen LogP contribution in [0.2, 0.25) is 0 Å². The highest BCUT2D eigenvalue weighted by Gasteiger charge is 2.25. The summed E-state index contributed by atoms with van der Waals surface area (Å²) in [6.07, 6.45) is 2.45. The van der Waals surface area contributed by atoms with Crippen LogP contribution in [0.3, 0.4) is 0 Å². The predicted molar refractivity (Wildman–Crippen MR) is 169 cm³/mol. The lowest BCUT2D eigenvalue weighted by Crippen LogP contribution is -2.33. The van der Waals surface area contributed by atoms with Crippen LogP contribution in [-0.2, 0) is 29.0 Å². The number of pyridine rings is 1. The van der Waals surface area contributed by atoms with Crippen molar-refractivity contribution in [3.63, 3.8) is 0 Å². The zero-order chi connectivity index (χ0) is 31.4. The Morgan fingerprint density at radius 2 is 1.91 bits per heavy atom. The molecule has 3 heterocycles. The van der Waals surface area contributed by atoms with Gasteiger partial charge in [-0.15, -0.1) is 0 Å². The summed E-state index contributed by atoms with van der Waals surface area (Å²) in [5.41, 5.74) is 5.43. The van der Waals surface area contributed by atoms with E-state index in [0.29, 0.717) is 29.7 Å². The zero-order valence-electron chi connectivity index (χ0n) is 25.7. The lowest BCUT2D eigenvalue weighted by atomic mass is 9.93. The van der Waals surface area contributed by atoms with Gasteiger partial charge in [-0.25, -0.2) is 14.2 Å². The van der Waals surface area contributed by atoms with Crippen molar-refractivity contribution in [1.29, 1.82) is 5.26 Å². The van der Waals surface area contributed by atoms with E-state index in [4.69, 9.17) is 19.7 Å². The lowest BCUT2D eigenvalue weighted by molar-refractivity contribution is 0.0601. The minimum Gasteiger partial charge on any atom is -0.473 e. The second-order valence-corrected chi connectivity index (χ2v) is 15.5. The van der Waals surface area contributed by atoms with E-state index in [1.807, 2.05) is 43.7 Å². The van der Waals surface area contributed by atoms with E-state index in [1.165, 1.54) is 24.4 Å². The second kappa shape index (κ2) is 13.3. The number of nitriles is 1. The predicted octanol–water partition coefficient (Wildman–Crippen LogP) is 6.72. The number of benzene rings is 2. The van der Waals surface area contributed by atoms with E-state index in [-0.39, 0.29) is 24.1 Å². The van der Waals surface area contributed by atoms with E-state index < -0.39 is 13.0 Å². The number of nitrogens with zero attached hydrogens (tertiary/aromatic N) is 4. The first-order valence-corrected chi connectivity index (χ1v) is 17.6. The molecule has 0 N–H and O–H groups in total. The Kier molecular flexibility index (Phi) is 9.53. The fourth-order valence-corrected chi connectivity index (χ4v) is 6.52. The summed E-state index contributed by atoms with van der Waals surface area (Å²) in [5, 5.41) is 10.0. The normalized spacial score (nSPS) is 14.5. The number of likely N-dealkylation sites (tertiary alicyclic amines) is 1. The van der Waals surface area contributed by atoms with Gasteiger partial charge in [-0.05, 0) is 82.1 Å². The molecule has 0 spiro atoms. The SMILES string of the molecule is COC(=O)c1ccc2c(C)c(CN3CCC(c4cccc(OCc5ccc(C#N)cc5F)n4)CC3)n(CCP(C)(C)=O)c2c1. The molecule has 8 nitrogen and oxygen atoms in total. The minimum absolute atomic E-state index is 0.0342. The highest BCUT2D eigenvalue weighted by atomic mass is 31.2. The van der Waals surface area contributed by atoms with Gasteiger partial charge in [0.1, 0.15) is 12.4 Å². The third kappa shape index (κ3) is 7.20. The minimum atomic E-state index is -2.25. The number of methoxy groups -OCH3 is 1. The molecule has 1 aliphatic heterocycles. The first-order chi connectivity index (χ1) is 21.1. The fraction of sp³-hybridized carbons (Fsp3) is 0.382. The highest BCUT2D eigenvalue weighted by Crippen LogP contribution is 2.38. The number of ether oxygens (including phenoxy) is 2. The summed E-state index contributed by atoms with van der Waals surface area (Å²) < 4.78 is 40.0. The lowest BCUT2D eigenvalue weighted by Gasteiger charge is -2.32. The van der Waals surface area contributed by atoms with E-state index in [0.717, 1.165) is 49.1 Å². The largest absolute Gasteiger partial charge is 0.473 e. The first-order valence-electron chi connectivity index (χ1n) is 14.8. The van der Waals surface area contributed by atoms with Gasteiger partial charge in [-0.2, -0.15) is 5.26 Å². The number of carbonyl (C=O) groups is 1. The standard InChI is InChI=1S/C34H38FN4O4P/c1-23-28-11-10-26(34(40)42-2)19-31(28)39(16-17-44(3,4)41)32(23)21-38-14-12-25(13-15-38)30-6-5-7-33(37-30)43-22-27-9-8-24(20-36)18-29(27)35/h5-11,18-19,25H,12-17,21-22H2,1-4H3. The molecule has 0 radical (unpaired) electrons. The number of aryl methyl sites for hydroxylation is 2. The van der Waals surface area contributed by atoms with Crippen molar-refractivity contribution in [2.75, 3.05) is 39.7 Å². The molecule has 2 aromatic heterocycles. The number of halogens is 1. The molecular weight excluding hydrogens is 578 g/mol. The summed E-state index contributed by atoms with van der Waals surface area (Å²) in [5.74, 6) is -0.113. The van der Waals surface area contributed by atoms with Crippen molar-refractivity contribution in [3.8, 4) is 11.9 Å². The third-order valence-corrected chi connectivity index (χ3v) is 9.69. The van der Waals surface area contributed by atoms with Crippen LogP contribution in [0, 0.1) is 24.1 Å². The van der Waals surface area contributed by atoms with Crippen molar-refractivity contribution in [1.82, 2.24) is 14.5 Å². The molecule has 0 aliphatic carbocycles. The van der Waals surface area contributed by atoms with Crippen molar-refractivity contribution in [2.24, 2.45) is 0 Å². The highest BCUT2D eigenvalue weighted by molar-refractivity contribution is 7.62.